The molecule has 0 aliphatic carbocycles. The van der Waals surface area contributed by atoms with Gasteiger partial charge in [-0.25, -0.2) is 4.98 Å². The van der Waals surface area contributed by atoms with Gasteiger partial charge in [0.15, 0.2) is 5.82 Å². The summed E-state index contributed by atoms with van der Waals surface area (Å²) in [4.78, 5) is 35.4. The Morgan fingerprint density at radius 3 is 2.78 bits per heavy atom. The molecule has 2 N–H and O–H groups in total. The first-order valence-electron chi connectivity index (χ1n) is 7.27. The second-order valence-corrected chi connectivity index (χ2v) is 5.33. The molecule has 6 heteroatoms. The van der Waals surface area contributed by atoms with Gasteiger partial charge in [0.05, 0.1) is 22.6 Å². The molecule has 0 aliphatic heterocycles. The highest BCUT2D eigenvalue weighted by Gasteiger charge is 2.16. The van der Waals surface area contributed by atoms with Gasteiger partial charge in [-0.05, 0) is 37.6 Å². The van der Waals surface area contributed by atoms with Crippen LogP contribution < -0.4 is 10.9 Å². The van der Waals surface area contributed by atoms with Gasteiger partial charge in [0.25, 0.3) is 11.5 Å². The largest absolute Gasteiger partial charge is 0.341 e. The van der Waals surface area contributed by atoms with E-state index in [9.17, 15) is 9.59 Å². The fourth-order valence-electron chi connectivity index (χ4n) is 2.48. The Kier molecular flexibility index (Phi) is 3.89. The number of carbonyl (C=O) groups excluding carboxylic acids is 1. The maximum absolute atomic E-state index is 12.4. The van der Waals surface area contributed by atoms with Crippen molar-refractivity contribution in [2.45, 2.75) is 19.9 Å². The van der Waals surface area contributed by atoms with Gasteiger partial charge in [0.1, 0.15) is 0 Å². The SMILES string of the molecule is Cc1cccnc1[C@@H](C)NC(=O)c1nc2ccccc2c(=O)[nH]1. The highest BCUT2D eigenvalue weighted by atomic mass is 16.2. The van der Waals surface area contributed by atoms with Crippen LogP contribution in [0.1, 0.15) is 34.8 Å². The lowest BCUT2D eigenvalue weighted by Gasteiger charge is -2.15. The average Bonchev–Trinajstić information content (AvgIpc) is 2.55. The third-order valence-corrected chi connectivity index (χ3v) is 3.64. The molecular formula is C17H16N4O2. The zero-order valence-corrected chi connectivity index (χ0v) is 12.8. The van der Waals surface area contributed by atoms with Crippen LogP contribution in [0.2, 0.25) is 0 Å². The molecule has 0 fully saturated rings. The number of carbonyl (C=O) groups is 1. The number of aromatic nitrogens is 3. The lowest BCUT2D eigenvalue weighted by molar-refractivity contribution is 0.0928. The molecular weight excluding hydrogens is 292 g/mol. The molecule has 1 amide bonds. The summed E-state index contributed by atoms with van der Waals surface area (Å²) < 4.78 is 0. The van der Waals surface area contributed by atoms with E-state index in [1.165, 1.54) is 0 Å². The van der Waals surface area contributed by atoms with Crippen LogP contribution in [0, 0.1) is 6.92 Å². The monoisotopic (exact) mass is 308 g/mol. The van der Waals surface area contributed by atoms with Crippen LogP contribution in [0.4, 0.5) is 0 Å². The van der Waals surface area contributed by atoms with E-state index < -0.39 is 5.91 Å². The second kappa shape index (κ2) is 6.00. The number of amides is 1. The Morgan fingerprint density at radius 2 is 2.00 bits per heavy atom. The Bertz CT molecular complexity index is 933. The average molecular weight is 308 g/mol. The van der Waals surface area contributed by atoms with Gasteiger partial charge >= 0.3 is 0 Å². The van der Waals surface area contributed by atoms with Crippen LogP contribution in [0.25, 0.3) is 10.9 Å². The predicted molar refractivity (Wildman–Crippen MR) is 87.2 cm³/mol. The van der Waals surface area contributed by atoms with Gasteiger partial charge in [-0.1, -0.05) is 18.2 Å². The molecule has 0 saturated carbocycles. The van der Waals surface area contributed by atoms with E-state index in [2.05, 4.69) is 20.3 Å². The highest BCUT2D eigenvalue weighted by molar-refractivity contribution is 5.92. The number of hydrogen-bond acceptors (Lipinski definition) is 4. The van der Waals surface area contributed by atoms with Gasteiger partial charge in [0.2, 0.25) is 0 Å². The van der Waals surface area contributed by atoms with Crippen molar-refractivity contribution in [3.05, 3.63) is 70.0 Å². The molecule has 0 saturated heterocycles. The molecule has 0 radical (unpaired) electrons. The lowest BCUT2D eigenvalue weighted by atomic mass is 10.1. The smallest absolute Gasteiger partial charge is 0.287 e. The van der Waals surface area contributed by atoms with Crippen LogP contribution >= 0.6 is 0 Å². The van der Waals surface area contributed by atoms with E-state index in [1.807, 2.05) is 26.0 Å². The summed E-state index contributed by atoms with van der Waals surface area (Å²) in [5.41, 5.74) is 1.93. The Balaban J connectivity index is 1.89. The first kappa shape index (κ1) is 14.9. The number of benzene rings is 1. The molecule has 2 heterocycles. The Hall–Kier alpha value is -3.02. The minimum atomic E-state index is -0.439. The van der Waals surface area contributed by atoms with E-state index in [0.717, 1.165) is 11.3 Å². The van der Waals surface area contributed by atoms with Crippen LogP contribution in [0.5, 0.6) is 0 Å². The van der Waals surface area contributed by atoms with Crippen LogP contribution in [0.3, 0.4) is 0 Å². The van der Waals surface area contributed by atoms with Crippen molar-refractivity contribution in [3.63, 3.8) is 0 Å². The first-order valence-corrected chi connectivity index (χ1v) is 7.27. The number of para-hydroxylation sites is 1. The predicted octanol–water partition coefficient (Wildman–Crippen LogP) is 2.12. The molecule has 6 nitrogen and oxygen atoms in total. The second-order valence-electron chi connectivity index (χ2n) is 5.33. The van der Waals surface area contributed by atoms with E-state index in [-0.39, 0.29) is 17.4 Å². The van der Waals surface area contributed by atoms with E-state index in [4.69, 9.17) is 0 Å². The molecule has 3 aromatic rings. The van der Waals surface area contributed by atoms with Crippen molar-refractivity contribution in [3.8, 4) is 0 Å². The molecule has 1 aromatic carbocycles. The highest BCUT2D eigenvalue weighted by Crippen LogP contribution is 2.14. The summed E-state index contributed by atoms with van der Waals surface area (Å²) >= 11 is 0. The summed E-state index contributed by atoms with van der Waals surface area (Å²) in [6.07, 6.45) is 1.68. The van der Waals surface area contributed by atoms with E-state index in [0.29, 0.717) is 10.9 Å². The molecule has 3 rings (SSSR count). The number of pyridine rings is 1. The van der Waals surface area contributed by atoms with Crippen molar-refractivity contribution in [2.75, 3.05) is 0 Å². The number of rotatable bonds is 3. The van der Waals surface area contributed by atoms with E-state index >= 15 is 0 Å². The van der Waals surface area contributed by atoms with Crippen molar-refractivity contribution in [1.29, 1.82) is 0 Å². The topological polar surface area (TPSA) is 87.7 Å². The molecule has 116 valence electrons. The summed E-state index contributed by atoms with van der Waals surface area (Å²) in [6.45, 7) is 3.77. The molecule has 0 bridgehead atoms. The molecule has 0 unspecified atom stereocenters. The number of aromatic amines is 1. The summed E-state index contributed by atoms with van der Waals surface area (Å²) in [6, 6.07) is 10.4. The minimum Gasteiger partial charge on any atom is -0.341 e. The summed E-state index contributed by atoms with van der Waals surface area (Å²) in [5.74, 6) is -0.445. The fourth-order valence-corrected chi connectivity index (χ4v) is 2.48. The lowest BCUT2D eigenvalue weighted by Crippen LogP contribution is -2.31. The van der Waals surface area contributed by atoms with Gasteiger partial charge in [-0.2, -0.15) is 0 Å². The third-order valence-electron chi connectivity index (χ3n) is 3.64. The molecule has 23 heavy (non-hydrogen) atoms. The van der Waals surface area contributed by atoms with Crippen LogP contribution in [-0.2, 0) is 0 Å². The zero-order valence-electron chi connectivity index (χ0n) is 12.8. The number of fused-ring (bicyclic) bond motifs is 1. The maximum atomic E-state index is 12.4. The van der Waals surface area contributed by atoms with Crippen molar-refractivity contribution in [1.82, 2.24) is 20.3 Å². The molecule has 1 atom stereocenters. The first-order chi connectivity index (χ1) is 11.1. The molecule has 0 spiro atoms. The minimum absolute atomic E-state index is 0.00543. The van der Waals surface area contributed by atoms with Crippen LogP contribution in [-0.4, -0.2) is 20.9 Å². The van der Waals surface area contributed by atoms with E-state index in [1.54, 1.807) is 30.5 Å². The number of H-pyrrole nitrogens is 1. The molecule has 2 aromatic heterocycles. The van der Waals surface area contributed by atoms with Crippen molar-refractivity contribution >= 4 is 16.8 Å². The van der Waals surface area contributed by atoms with Gasteiger partial charge in [0, 0.05) is 6.20 Å². The third kappa shape index (κ3) is 2.96. The van der Waals surface area contributed by atoms with Gasteiger partial charge in [-0.3, -0.25) is 14.6 Å². The van der Waals surface area contributed by atoms with Crippen molar-refractivity contribution in [2.24, 2.45) is 0 Å². The number of nitrogens with one attached hydrogen (secondary N) is 2. The number of nitrogens with zero attached hydrogens (tertiary/aromatic N) is 2. The number of aryl methyl sites for hydroxylation is 1. The fraction of sp³-hybridized carbons (Fsp3) is 0.176. The quantitative estimate of drug-likeness (QED) is 0.776. The standard InChI is InChI=1S/C17H16N4O2/c1-10-6-5-9-18-14(10)11(2)19-17(23)15-20-13-8-4-3-7-12(13)16(22)21-15/h3-9,11H,1-2H3,(H,19,23)(H,20,21,22)/t11-/m1/s1. The summed E-state index contributed by atoms with van der Waals surface area (Å²) in [5, 5.41) is 3.27. The maximum Gasteiger partial charge on any atom is 0.287 e. The number of hydrogen-bond donors (Lipinski definition) is 2. The summed E-state index contributed by atoms with van der Waals surface area (Å²) in [7, 11) is 0. The Morgan fingerprint density at radius 1 is 1.22 bits per heavy atom. The zero-order chi connectivity index (χ0) is 16.4. The van der Waals surface area contributed by atoms with Crippen molar-refractivity contribution < 1.29 is 4.79 Å². The Labute approximate surface area is 132 Å². The normalized spacial score (nSPS) is 12.1. The van der Waals surface area contributed by atoms with Crippen LogP contribution in [0.15, 0.2) is 47.4 Å². The molecule has 0 aliphatic rings. The van der Waals surface area contributed by atoms with Gasteiger partial charge in [-0.15, -0.1) is 0 Å². The van der Waals surface area contributed by atoms with Gasteiger partial charge < -0.3 is 10.3 Å².